The number of carbonyl (C=O) groups excluding carboxylic acids is 3. The third-order valence-electron chi connectivity index (χ3n) is 6.07. The summed E-state index contributed by atoms with van der Waals surface area (Å²) < 4.78 is 36.7. The fourth-order valence-electron chi connectivity index (χ4n) is 4.27. The van der Waals surface area contributed by atoms with Gasteiger partial charge in [-0.15, -0.1) is 0 Å². The van der Waals surface area contributed by atoms with Crippen molar-refractivity contribution in [1.29, 1.82) is 0 Å². The Hall–Kier alpha value is -3.47. The second-order valence-corrected chi connectivity index (χ2v) is 10.2. The normalized spacial score (nSPS) is 16.3. The van der Waals surface area contributed by atoms with E-state index in [1.807, 2.05) is 0 Å². The van der Waals surface area contributed by atoms with Crippen LogP contribution in [0.3, 0.4) is 0 Å². The van der Waals surface area contributed by atoms with Crippen LogP contribution in [-0.2, 0) is 25.2 Å². The molecule has 3 amide bonds. The number of anilines is 2. The number of carbonyl (C=O) groups is 3. The number of hydrogen-bond donors (Lipinski definition) is 2. The van der Waals surface area contributed by atoms with Crippen LogP contribution in [0.1, 0.15) is 32.6 Å². The molecule has 36 heavy (non-hydrogen) atoms. The molecule has 1 saturated carbocycles. The maximum Gasteiger partial charge on any atom is 0.243 e. The zero-order valence-electron chi connectivity index (χ0n) is 19.8. The Labute approximate surface area is 210 Å². The molecule has 0 bridgehead atoms. The van der Waals surface area contributed by atoms with Crippen molar-refractivity contribution in [2.45, 2.75) is 44.7 Å². The lowest BCUT2D eigenvalue weighted by molar-refractivity contribution is -0.125. The number of nitrogens with one attached hydrogen (secondary N) is 2. The third kappa shape index (κ3) is 6.39. The van der Waals surface area contributed by atoms with Gasteiger partial charge in [0.25, 0.3) is 0 Å². The van der Waals surface area contributed by atoms with E-state index in [4.69, 9.17) is 9.47 Å². The van der Waals surface area contributed by atoms with Gasteiger partial charge >= 0.3 is 0 Å². The number of nitrogens with zero attached hydrogens (tertiary/aromatic N) is 1. The van der Waals surface area contributed by atoms with Gasteiger partial charge < -0.3 is 20.1 Å². The number of halogens is 1. The first-order valence-corrected chi connectivity index (χ1v) is 13.2. The highest BCUT2D eigenvalue weighted by Crippen LogP contribution is 2.34. The number of hydrogen-bond acceptors (Lipinski definition) is 6. The molecule has 192 valence electrons. The van der Waals surface area contributed by atoms with E-state index in [1.165, 1.54) is 29.2 Å². The maximum absolute atomic E-state index is 13.5. The topological polar surface area (TPSA) is 114 Å². The lowest BCUT2D eigenvalue weighted by Gasteiger charge is -2.29. The van der Waals surface area contributed by atoms with E-state index >= 15 is 0 Å². The molecular formula is C25H28FN3O6S. The van der Waals surface area contributed by atoms with Gasteiger partial charge in [-0.1, -0.05) is 12.8 Å². The summed E-state index contributed by atoms with van der Waals surface area (Å²) in [6.07, 6.45) is 3.83. The average molecular weight is 518 g/mol. The Kier molecular flexibility index (Phi) is 8.19. The van der Waals surface area contributed by atoms with Crippen molar-refractivity contribution < 1.29 is 32.5 Å². The largest absolute Gasteiger partial charge is 0.454 e. The van der Waals surface area contributed by atoms with Crippen molar-refractivity contribution in [1.82, 2.24) is 5.32 Å². The summed E-state index contributed by atoms with van der Waals surface area (Å²) in [6.45, 7) is 1.67. The molecule has 0 spiro atoms. The molecule has 2 aromatic rings. The lowest BCUT2D eigenvalue weighted by atomic mass is 10.1. The van der Waals surface area contributed by atoms with Crippen molar-refractivity contribution in [2.75, 3.05) is 28.5 Å². The fraction of sp³-hybridized carbons (Fsp3) is 0.400. The van der Waals surface area contributed by atoms with Gasteiger partial charge in [0.15, 0.2) is 11.5 Å². The van der Waals surface area contributed by atoms with Gasteiger partial charge in [-0.25, -0.2) is 4.39 Å². The molecule has 0 radical (unpaired) electrons. The summed E-state index contributed by atoms with van der Waals surface area (Å²) in [4.78, 5) is 39.7. The van der Waals surface area contributed by atoms with Gasteiger partial charge in [-0.2, -0.15) is 0 Å². The van der Waals surface area contributed by atoms with Crippen LogP contribution in [0.4, 0.5) is 15.8 Å². The molecular weight excluding hydrogens is 489 g/mol. The van der Waals surface area contributed by atoms with Crippen LogP contribution in [-0.4, -0.2) is 52.3 Å². The lowest BCUT2D eigenvalue weighted by Crippen LogP contribution is -2.51. The summed E-state index contributed by atoms with van der Waals surface area (Å²) in [7, 11) is -1.85. The molecule has 0 aromatic heterocycles. The summed E-state index contributed by atoms with van der Waals surface area (Å²) in [5.41, 5.74) is 0.745. The molecule has 2 atom stereocenters. The van der Waals surface area contributed by atoms with Gasteiger partial charge in [0, 0.05) is 34.3 Å². The predicted octanol–water partition coefficient (Wildman–Crippen LogP) is 2.72. The molecule has 1 fully saturated rings. The van der Waals surface area contributed by atoms with Gasteiger partial charge in [0.2, 0.25) is 24.5 Å². The van der Waals surface area contributed by atoms with Crippen molar-refractivity contribution in [3.63, 3.8) is 0 Å². The van der Waals surface area contributed by atoms with Crippen molar-refractivity contribution >= 4 is 39.9 Å². The van der Waals surface area contributed by atoms with E-state index in [0.717, 1.165) is 25.7 Å². The fourth-order valence-corrected chi connectivity index (χ4v) is 5.15. The monoisotopic (exact) mass is 517 g/mol. The van der Waals surface area contributed by atoms with E-state index < -0.39 is 46.0 Å². The van der Waals surface area contributed by atoms with E-state index in [1.54, 1.807) is 25.1 Å². The molecule has 1 aliphatic heterocycles. The Balaban J connectivity index is 1.39. The zero-order valence-corrected chi connectivity index (χ0v) is 20.6. The van der Waals surface area contributed by atoms with Crippen molar-refractivity contribution in [3.8, 4) is 11.5 Å². The van der Waals surface area contributed by atoms with Gasteiger partial charge in [0.05, 0.1) is 0 Å². The minimum Gasteiger partial charge on any atom is -0.454 e. The molecule has 2 aromatic carbocycles. The summed E-state index contributed by atoms with van der Waals surface area (Å²) >= 11 is 0. The maximum atomic E-state index is 13.5. The quantitative estimate of drug-likeness (QED) is 0.529. The van der Waals surface area contributed by atoms with E-state index in [9.17, 15) is 23.0 Å². The van der Waals surface area contributed by atoms with Crippen LogP contribution in [0, 0.1) is 5.82 Å². The van der Waals surface area contributed by atoms with Crippen LogP contribution in [0.15, 0.2) is 42.5 Å². The molecule has 4 rings (SSSR count). The molecule has 2 aliphatic rings. The Morgan fingerprint density at radius 2 is 1.75 bits per heavy atom. The van der Waals surface area contributed by atoms with Gasteiger partial charge in [0.1, 0.15) is 23.4 Å². The van der Waals surface area contributed by atoms with E-state index in [0.29, 0.717) is 22.9 Å². The molecule has 1 aliphatic carbocycles. The average Bonchev–Trinajstić information content (AvgIpc) is 3.51. The summed E-state index contributed by atoms with van der Waals surface area (Å²) in [6, 6.07) is 9.16. The second-order valence-electron chi connectivity index (χ2n) is 8.75. The first-order chi connectivity index (χ1) is 17.3. The highest BCUT2D eigenvalue weighted by Gasteiger charge is 2.30. The number of rotatable bonds is 9. The Bertz CT molecular complexity index is 1150. The minimum atomic E-state index is -1.85. The Morgan fingerprint density at radius 3 is 2.47 bits per heavy atom. The number of fused-ring (bicyclic) bond motifs is 1. The van der Waals surface area contributed by atoms with Crippen LogP contribution in [0.25, 0.3) is 0 Å². The number of ether oxygens (including phenoxy) is 2. The van der Waals surface area contributed by atoms with E-state index in [2.05, 4.69) is 10.6 Å². The highest BCUT2D eigenvalue weighted by atomic mass is 32.2. The summed E-state index contributed by atoms with van der Waals surface area (Å²) in [5.74, 6) is -1.82. The van der Waals surface area contributed by atoms with Gasteiger partial charge in [-0.05, 0) is 56.2 Å². The van der Waals surface area contributed by atoms with Crippen molar-refractivity contribution in [3.05, 3.63) is 48.3 Å². The zero-order chi connectivity index (χ0) is 25.7. The number of benzene rings is 2. The molecule has 2 N–H and O–H groups in total. The van der Waals surface area contributed by atoms with Crippen LogP contribution >= 0.6 is 0 Å². The third-order valence-corrected chi connectivity index (χ3v) is 7.23. The van der Waals surface area contributed by atoms with Crippen molar-refractivity contribution in [2.24, 2.45) is 0 Å². The minimum absolute atomic E-state index is 0.0547. The predicted molar refractivity (Wildman–Crippen MR) is 133 cm³/mol. The molecule has 9 nitrogen and oxygen atoms in total. The van der Waals surface area contributed by atoms with Crippen LogP contribution in [0.5, 0.6) is 11.5 Å². The SMILES string of the molecule is C[C@H](C(=O)NC1CCCC1)N(C(=O)C[S@@](=O)CC(=O)Nc1ccc2c(c1)OCO2)c1ccc(F)cc1. The molecule has 1 heterocycles. The number of amides is 3. The highest BCUT2D eigenvalue weighted by molar-refractivity contribution is 7.86. The first-order valence-electron chi connectivity index (χ1n) is 11.7. The smallest absolute Gasteiger partial charge is 0.243 e. The molecule has 0 saturated heterocycles. The summed E-state index contributed by atoms with van der Waals surface area (Å²) in [5, 5.41) is 5.59. The van der Waals surface area contributed by atoms with Crippen LogP contribution < -0.4 is 25.0 Å². The molecule has 11 heteroatoms. The first kappa shape index (κ1) is 25.6. The second kappa shape index (κ2) is 11.5. The Morgan fingerprint density at radius 1 is 1.06 bits per heavy atom. The standard InChI is InChI=1S/C25H28FN3O6S/c1-16(25(32)28-18-4-2-3-5-18)29(20-9-6-17(26)7-10-20)24(31)14-36(33)13-23(30)27-19-8-11-21-22(12-19)35-15-34-21/h6-12,16,18H,2-5,13-15H2,1H3,(H,27,30)(H,28,32)/t16-,36+/m1/s1. The molecule has 0 unspecified atom stereocenters. The van der Waals surface area contributed by atoms with Gasteiger partial charge in [-0.3, -0.25) is 23.5 Å². The van der Waals surface area contributed by atoms with Crippen LogP contribution in [0.2, 0.25) is 0 Å². The van der Waals surface area contributed by atoms with E-state index in [-0.39, 0.29) is 18.7 Å².